The van der Waals surface area contributed by atoms with Gasteiger partial charge < -0.3 is 19.7 Å². The summed E-state index contributed by atoms with van der Waals surface area (Å²) in [5, 5.41) is 4.60. The van der Waals surface area contributed by atoms with Crippen molar-refractivity contribution in [1.29, 1.82) is 0 Å². The van der Waals surface area contributed by atoms with Gasteiger partial charge in [0.15, 0.2) is 0 Å². The highest BCUT2D eigenvalue weighted by Gasteiger charge is 2.19. The Labute approximate surface area is 203 Å². The fraction of sp³-hybridized carbons (Fsp3) is 0.321. The molecule has 1 saturated heterocycles. The van der Waals surface area contributed by atoms with Crippen LogP contribution in [0.1, 0.15) is 56.7 Å². The predicted octanol–water partition coefficient (Wildman–Crippen LogP) is 5.88. The summed E-state index contributed by atoms with van der Waals surface area (Å²) in [6, 6.07) is 11.7. The normalized spacial score (nSPS) is 16.0. The number of hydrogen-bond acceptors (Lipinski definition) is 5. The summed E-state index contributed by atoms with van der Waals surface area (Å²) >= 11 is 0. The summed E-state index contributed by atoms with van der Waals surface area (Å²) in [4.78, 5) is 29.3. The lowest BCUT2D eigenvalue weighted by molar-refractivity contribution is 0.613. The number of hydrogen-bond donors (Lipinski definition) is 3. The van der Waals surface area contributed by atoms with Gasteiger partial charge in [0, 0.05) is 17.5 Å². The Hall–Kier alpha value is -3.71. The Morgan fingerprint density at radius 1 is 0.943 bits per heavy atom. The van der Waals surface area contributed by atoms with E-state index >= 15 is 0 Å². The van der Waals surface area contributed by atoms with Crippen molar-refractivity contribution in [1.82, 2.24) is 25.3 Å². The molecule has 3 N–H and O–H groups in total. The lowest BCUT2D eigenvalue weighted by atomic mass is 10.1. The lowest BCUT2D eigenvalue weighted by Crippen LogP contribution is -2.14. The van der Waals surface area contributed by atoms with Crippen molar-refractivity contribution >= 4 is 21.9 Å². The number of H-pyrrole nitrogens is 2. The molecule has 0 radical (unpaired) electrons. The number of nitrogens with one attached hydrogen (secondary N) is 3. The standard InChI is InChI=1S/C28H29N5O2/c1-2-3-4-7-26-30-15-22(32-26)17-9-11-24-20(13-17)27(34)19-10-8-18(14-25(19)35-24)23-16-31-28(33-23)21-6-5-12-29-21/h8-11,13-16,21,29H,2-7,12H2,1H3,(H,30,32)(H,31,33). The number of aromatic amines is 2. The van der Waals surface area contributed by atoms with Gasteiger partial charge in [0.2, 0.25) is 5.43 Å². The van der Waals surface area contributed by atoms with E-state index in [9.17, 15) is 4.79 Å². The fourth-order valence-electron chi connectivity index (χ4n) is 4.95. The van der Waals surface area contributed by atoms with E-state index in [1.807, 2.05) is 48.8 Å². The molecule has 0 aliphatic carbocycles. The van der Waals surface area contributed by atoms with Gasteiger partial charge in [-0.1, -0.05) is 25.8 Å². The minimum Gasteiger partial charge on any atom is -0.456 e. The monoisotopic (exact) mass is 467 g/mol. The second-order valence-electron chi connectivity index (χ2n) is 9.38. The smallest absolute Gasteiger partial charge is 0.200 e. The minimum atomic E-state index is -0.0298. The summed E-state index contributed by atoms with van der Waals surface area (Å²) in [5.41, 5.74) is 4.83. The molecule has 4 heterocycles. The van der Waals surface area contributed by atoms with Gasteiger partial charge in [-0.05, 0) is 56.1 Å². The van der Waals surface area contributed by atoms with Crippen LogP contribution < -0.4 is 10.7 Å². The van der Waals surface area contributed by atoms with Crippen molar-refractivity contribution in [3.05, 3.63) is 70.7 Å². The maximum absolute atomic E-state index is 13.4. The molecule has 1 atom stereocenters. The molecule has 7 heteroatoms. The van der Waals surface area contributed by atoms with E-state index in [0.29, 0.717) is 21.9 Å². The van der Waals surface area contributed by atoms with Crippen LogP contribution in [0.3, 0.4) is 0 Å². The van der Waals surface area contributed by atoms with E-state index in [1.165, 1.54) is 12.8 Å². The molecule has 0 amide bonds. The van der Waals surface area contributed by atoms with Crippen LogP contribution in [0.25, 0.3) is 44.5 Å². The van der Waals surface area contributed by atoms with Crippen molar-refractivity contribution in [2.45, 2.75) is 51.5 Å². The van der Waals surface area contributed by atoms with Crippen molar-refractivity contribution in [3.63, 3.8) is 0 Å². The maximum Gasteiger partial charge on any atom is 0.200 e. The van der Waals surface area contributed by atoms with E-state index in [2.05, 4.69) is 32.2 Å². The third kappa shape index (κ3) is 4.17. The van der Waals surface area contributed by atoms with Gasteiger partial charge >= 0.3 is 0 Å². The highest BCUT2D eigenvalue weighted by molar-refractivity contribution is 5.93. The lowest BCUT2D eigenvalue weighted by Gasteiger charge is -2.06. The minimum absolute atomic E-state index is 0.0298. The first-order valence-electron chi connectivity index (χ1n) is 12.5. The summed E-state index contributed by atoms with van der Waals surface area (Å²) in [7, 11) is 0. The van der Waals surface area contributed by atoms with Crippen LogP contribution in [0.2, 0.25) is 0 Å². The Morgan fingerprint density at radius 2 is 1.77 bits per heavy atom. The molecule has 1 unspecified atom stereocenters. The summed E-state index contributed by atoms with van der Waals surface area (Å²) in [6.45, 7) is 3.22. The Morgan fingerprint density at radius 3 is 2.63 bits per heavy atom. The quantitative estimate of drug-likeness (QED) is 0.205. The van der Waals surface area contributed by atoms with Crippen molar-refractivity contribution in [2.75, 3.05) is 6.54 Å². The number of aryl methyl sites for hydroxylation is 1. The van der Waals surface area contributed by atoms with Gasteiger partial charge in [-0.25, -0.2) is 9.97 Å². The van der Waals surface area contributed by atoms with Gasteiger partial charge in [0.25, 0.3) is 0 Å². The van der Waals surface area contributed by atoms with Crippen molar-refractivity contribution in [2.24, 2.45) is 0 Å². The first-order chi connectivity index (χ1) is 17.2. The number of nitrogens with zero attached hydrogens (tertiary/aromatic N) is 2. The molecule has 178 valence electrons. The summed E-state index contributed by atoms with van der Waals surface area (Å²) in [5.74, 6) is 1.94. The van der Waals surface area contributed by atoms with E-state index < -0.39 is 0 Å². The zero-order chi connectivity index (χ0) is 23.8. The Balaban J connectivity index is 1.33. The zero-order valence-electron chi connectivity index (χ0n) is 19.9. The van der Waals surface area contributed by atoms with E-state index in [1.54, 1.807) is 0 Å². The van der Waals surface area contributed by atoms with Crippen LogP contribution in [0.5, 0.6) is 0 Å². The molecule has 2 aromatic carbocycles. The van der Waals surface area contributed by atoms with Gasteiger partial charge in [0.1, 0.15) is 22.8 Å². The summed E-state index contributed by atoms with van der Waals surface area (Å²) in [6.07, 6.45) is 10.4. The number of benzene rings is 2. The van der Waals surface area contributed by atoms with Crippen LogP contribution in [0.15, 0.2) is 58.0 Å². The topological polar surface area (TPSA) is 99.6 Å². The molecule has 0 spiro atoms. The number of rotatable bonds is 7. The third-order valence-electron chi connectivity index (χ3n) is 6.92. The van der Waals surface area contributed by atoms with Crippen LogP contribution in [0.4, 0.5) is 0 Å². The molecule has 7 nitrogen and oxygen atoms in total. The van der Waals surface area contributed by atoms with Gasteiger partial charge in [-0.3, -0.25) is 4.79 Å². The molecule has 1 aliphatic rings. The zero-order valence-corrected chi connectivity index (χ0v) is 19.9. The highest BCUT2D eigenvalue weighted by Crippen LogP contribution is 2.29. The molecular weight excluding hydrogens is 438 g/mol. The van der Waals surface area contributed by atoms with Crippen LogP contribution in [0, 0.1) is 0 Å². The first-order valence-corrected chi connectivity index (χ1v) is 12.5. The largest absolute Gasteiger partial charge is 0.456 e. The summed E-state index contributed by atoms with van der Waals surface area (Å²) < 4.78 is 6.18. The molecule has 3 aromatic heterocycles. The highest BCUT2D eigenvalue weighted by atomic mass is 16.3. The average molecular weight is 468 g/mol. The number of fused-ring (bicyclic) bond motifs is 2. The maximum atomic E-state index is 13.4. The van der Waals surface area contributed by atoms with Gasteiger partial charge in [-0.15, -0.1) is 0 Å². The van der Waals surface area contributed by atoms with Gasteiger partial charge in [-0.2, -0.15) is 0 Å². The van der Waals surface area contributed by atoms with E-state index in [0.717, 1.165) is 66.4 Å². The Kier molecular flexibility index (Phi) is 5.70. The Bertz CT molecular complexity index is 1550. The van der Waals surface area contributed by atoms with Crippen LogP contribution in [-0.2, 0) is 6.42 Å². The predicted molar refractivity (Wildman–Crippen MR) is 138 cm³/mol. The molecule has 6 rings (SSSR count). The molecule has 1 fully saturated rings. The van der Waals surface area contributed by atoms with Crippen LogP contribution in [-0.4, -0.2) is 26.5 Å². The molecule has 5 aromatic rings. The number of imidazole rings is 2. The van der Waals surface area contributed by atoms with Gasteiger partial charge in [0.05, 0.1) is 40.6 Å². The average Bonchev–Trinajstić information content (AvgIpc) is 3.66. The van der Waals surface area contributed by atoms with E-state index in [4.69, 9.17) is 4.42 Å². The van der Waals surface area contributed by atoms with Crippen LogP contribution >= 0.6 is 0 Å². The fourth-order valence-corrected chi connectivity index (χ4v) is 4.95. The molecular formula is C28H29N5O2. The third-order valence-corrected chi connectivity index (χ3v) is 6.92. The molecule has 0 bridgehead atoms. The molecule has 1 aliphatic heterocycles. The first kappa shape index (κ1) is 21.8. The second kappa shape index (κ2) is 9.15. The van der Waals surface area contributed by atoms with Crippen molar-refractivity contribution < 1.29 is 4.42 Å². The number of unbranched alkanes of at least 4 members (excludes halogenated alkanes) is 2. The molecule has 0 saturated carbocycles. The molecule has 35 heavy (non-hydrogen) atoms. The SMILES string of the molecule is CCCCCc1ncc(-c2ccc3oc4cc(-c5cnc(C6CCCN6)[nH]5)ccc4c(=O)c3c2)[nH]1. The second-order valence-corrected chi connectivity index (χ2v) is 9.38. The van der Waals surface area contributed by atoms with Crippen molar-refractivity contribution in [3.8, 4) is 22.5 Å². The van der Waals surface area contributed by atoms with E-state index in [-0.39, 0.29) is 11.5 Å². The number of aromatic nitrogens is 4.